The fourth-order valence-corrected chi connectivity index (χ4v) is 3.03. The number of anilines is 1. The maximum atomic E-state index is 12.8. The molecule has 7 nitrogen and oxygen atoms in total. The first-order valence-electron chi connectivity index (χ1n) is 8.68. The predicted molar refractivity (Wildman–Crippen MR) is 100 cm³/mol. The van der Waals surface area contributed by atoms with Crippen molar-refractivity contribution in [3.05, 3.63) is 48.5 Å². The number of carbonyl (C=O) groups excluding carboxylic acids is 2. The Balaban J connectivity index is 1.71. The molecule has 1 heterocycles. The minimum Gasteiger partial charge on any atom is -0.497 e. The Kier molecular flexibility index (Phi) is 5.80. The lowest BCUT2D eigenvalue weighted by atomic mass is 10.2. The Morgan fingerprint density at radius 2 is 1.81 bits per heavy atom. The van der Waals surface area contributed by atoms with Crippen molar-refractivity contribution in [2.75, 3.05) is 26.1 Å². The van der Waals surface area contributed by atoms with E-state index in [-0.39, 0.29) is 5.91 Å². The number of carbonyl (C=O) groups is 2. The fourth-order valence-electron chi connectivity index (χ4n) is 3.03. The smallest absolute Gasteiger partial charge is 0.415 e. The first-order chi connectivity index (χ1) is 13.1. The molecule has 0 radical (unpaired) electrons. The molecule has 0 aliphatic carbocycles. The number of nitrogens with one attached hydrogen (secondary N) is 1. The number of methoxy groups -OCH3 is 2. The number of likely N-dealkylation sites (tertiary alicyclic amines) is 1. The number of benzene rings is 2. The van der Waals surface area contributed by atoms with Gasteiger partial charge in [0.05, 0.1) is 19.9 Å². The van der Waals surface area contributed by atoms with Gasteiger partial charge in [0.15, 0.2) is 0 Å². The van der Waals surface area contributed by atoms with Gasteiger partial charge < -0.3 is 19.5 Å². The second-order valence-electron chi connectivity index (χ2n) is 6.09. The van der Waals surface area contributed by atoms with E-state index >= 15 is 0 Å². The first kappa shape index (κ1) is 18.6. The maximum absolute atomic E-state index is 12.8. The molecule has 142 valence electrons. The number of rotatable bonds is 5. The number of hydrogen-bond acceptors (Lipinski definition) is 5. The van der Waals surface area contributed by atoms with Gasteiger partial charge in [0.25, 0.3) is 0 Å². The third-order valence-corrected chi connectivity index (χ3v) is 4.40. The largest absolute Gasteiger partial charge is 0.497 e. The van der Waals surface area contributed by atoms with E-state index in [9.17, 15) is 9.59 Å². The minimum absolute atomic E-state index is 0.288. The topological polar surface area (TPSA) is 77.1 Å². The molecule has 1 aliphatic heterocycles. The van der Waals surface area contributed by atoms with Crippen LogP contribution in [0.25, 0.3) is 0 Å². The number of nitrogens with zero attached hydrogens (tertiary/aromatic N) is 1. The SMILES string of the molecule is COc1ccc(OC)c(NC(=O)[C@@H]2CCCN2C(=O)Oc2ccccc2)c1. The van der Waals surface area contributed by atoms with Gasteiger partial charge in [0.2, 0.25) is 5.91 Å². The third-order valence-electron chi connectivity index (χ3n) is 4.40. The van der Waals surface area contributed by atoms with E-state index in [1.165, 1.54) is 12.0 Å². The molecule has 1 saturated heterocycles. The molecule has 1 N–H and O–H groups in total. The molecule has 0 aromatic heterocycles. The van der Waals surface area contributed by atoms with Gasteiger partial charge in [-0.25, -0.2) is 4.79 Å². The Morgan fingerprint density at radius 1 is 1.04 bits per heavy atom. The van der Waals surface area contributed by atoms with E-state index in [0.717, 1.165) is 6.42 Å². The fraction of sp³-hybridized carbons (Fsp3) is 0.300. The summed E-state index contributed by atoms with van der Waals surface area (Å²) in [4.78, 5) is 26.7. The van der Waals surface area contributed by atoms with Gasteiger partial charge in [-0.3, -0.25) is 9.69 Å². The molecule has 0 saturated carbocycles. The van der Waals surface area contributed by atoms with Crippen molar-refractivity contribution in [1.29, 1.82) is 0 Å². The highest BCUT2D eigenvalue weighted by Crippen LogP contribution is 2.30. The summed E-state index contributed by atoms with van der Waals surface area (Å²) in [5, 5.41) is 2.83. The molecule has 2 amide bonds. The van der Waals surface area contributed by atoms with Crippen LogP contribution in [0.15, 0.2) is 48.5 Å². The van der Waals surface area contributed by atoms with E-state index in [2.05, 4.69) is 5.32 Å². The summed E-state index contributed by atoms with van der Waals surface area (Å²) in [7, 11) is 3.07. The zero-order valence-corrected chi connectivity index (χ0v) is 15.3. The van der Waals surface area contributed by atoms with Crippen molar-refractivity contribution >= 4 is 17.7 Å². The van der Waals surface area contributed by atoms with Crippen LogP contribution >= 0.6 is 0 Å². The minimum atomic E-state index is -0.600. The highest BCUT2D eigenvalue weighted by Gasteiger charge is 2.35. The summed E-state index contributed by atoms with van der Waals surface area (Å²) in [6, 6.07) is 13.3. The second kappa shape index (κ2) is 8.44. The molecule has 2 aromatic rings. The quantitative estimate of drug-likeness (QED) is 0.874. The summed E-state index contributed by atoms with van der Waals surface area (Å²) in [5.41, 5.74) is 0.491. The summed E-state index contributed by atoms with van der Waals surface area (Å²) < 4.78 is 15.9. The second-order valence-corrected chi connectivity index (χ2v) is 6.09. The van der Waals surface area contributed by atoms with E-state index in [1.54, 1.807) is 49.6 Å². The molecule has 0 bridgehead atoms. The van der Waals surface area contributed by atoms with Gasteiger partial charge in [-0.15, -0.1) is 0 Å². The Morgan fingerprint density at radius 3 is 2.52 bits per heavy atom. The zero-order valence-electron chi connectivity index (χ0n) is 15.3. The normalized spacial score (nSPS) is 15.9. The number of ether oxygens (including phenoxy) is 3. The predicted octanol–water partition coefficient (Wildman–Crippen LogP) is 3.31. The Labute approximate surface area is 157 Å². The summed E-state index contributed by atoms with van der Waals surface area (Å²) in [6.07, 6.45) is 0.774. The monoisotopic (exact) mass is 370 g/mol. The van der Waals surface area contributed by atoms with Crippen molar-refractivity contribution in [2.24, 2.45) is 0 Å². The van der Waals surface area contributed by atoms with Crippen LogP contribution in [-0.2, 0) is 4.79 Å². The lowest BCUT2D eigenvalue weighted by molar-refractivity contribution is -0.119. The number of para-hydroxylation sites is 1. The van der Waals surface area contributed by atoms with Crippen molar-refractivity contribution in [1.82, 2.24) is 4.90 Å². The number of amides is 2. The Hall–Kier alpha value is -3.22. The molecule has 7 heteroatoms. The molecule has 27 heavy (non-hydrogen) atoms. The average molecular weight is 370 g/mol. The molecule has 1 atom stereocenters. The van der Waals surface area contributed by atoms with E-state index in [4.69, 9.17) is 14.2 Å². The van der Waals surface area contributed by atoms with Crippen LogP contribution in [0.1, 0.15) is 12.8 Å². The van der Waals surface area contributed by atoms with E-state index in [0.29, 0.717) is 35.9 Å². The molecular weight excluding hydrogens is 348 g/mol. The highest BCUT2D eigenvalue weighted by molar-refractivity contribution is 5.98. The first-order valence-corrected chi connectivity index (χ1v) is 8.68. The zero-order chi connectivity index (χ0) is 19.2. The third kappa shape index (κ3) is 4.31. The lowest BCUT2D eigenvalue weighted by Crippen LogP contribution is -2.44. The molecule has 1 fully saturated rings. The lowest BCUT2D eigenvalue weighted by Gasteiger charge is -2.23. The van der Waals surface area contributed by atoms with Crippen molar-refractivity contribution in [2.45, 2.75) is 18.9 Å². The van der Waals surface area contributed by atoms with Gasteiger partial charge in [0, 0.05) is 12.6 Å². The molecule has 0 spiro atoms. The van der Waals surface area contributed by atoms with Crippen LogP contribution in [-0.4, -0.2) is 43.7 Å². The molecule has 2 aromatic carbocycles. The van der Waals surface area contributed by atoms with Gasteiger partial charge in [-0.2, -0.15) is 0 Å². The van der Waals surface area contributed by atoms with Crippen LogP contribution in [0.2, 0.25) is 0 Å². The maximum Gasteiger partial charge on any atom is 0.415 e. The van der Waals surface area contributed by atoms with Crippen LogP contribution in [0.4, 0.5) is 10.5 Å². The van der Waals surface area contributed by atoms with Gasteiger partial charge >= 0.3 is 6.09 Å². The molecule has 1 aliphatic rings. The van der Waals surface area contributed by atoms with Gasteiger partial charge in [-0.05, 0) is 37.1 Å². The molecule has 0 unspecified atom stereocenters. The number of hydrogen-bond donors (Lipinski definition) is 1. The highest BCUT2D eigenvalue weighted by atomic mass is 16.6. The van der Waals surface area contributed by atoms with Crippen molar-refractivity contribution < 1.29 is 23.8 Å². The van der Waals surface area contributed by atoms with Crippen molar-refractivity contribution in [3.63, 3.8) is 0 Å². The summed E-state index contributed by atoms with van der Waals surface area (Å²) in [5.74, 6) is 1.27. The summed E-state index contributed by atoms with van der Waals surface area (Å²) in [6.45, 7) is 0.471. The van der Waals surface area contributed by atoms with E-state index in [1.807, 2.05) is 6.07 Å². The molecule has 3 rings (SSSR count). The van der Waals surface area contributed by atoms with Gasteiger partial charge in [0.1, 0.15) is 23.3 Å². The molecular formula is C20H22N2O5. The average Bonchev–Trinajstić information content (AvgIpc) is 3.19. The standard InChI is InChI=1S/C20H22N2O5/c1-25-15-10-11-18(26-2)16(13-15)21-19(23)17-9-6-12-22(17)20(24)27-14-7-4-3-5-8-14/h3-5,7-8,10-11,13,17H,6,9,12H2,1-2H3,(H,21,23)/t17-/m0/s1. The van der Waals surface area contributed by atoms with Crippen LogP contribution in [0.5, 0.6) is 17.2 Å². The van der Waals surface area contributed by atoms with Crippen molar-refractivity contribution in [3.8, 4) is 17.2 Å². The van der Waals surface area contributed by atoms with E-state index < -0.39 is 12.1 Å². The van der Waals surface area contributed by atoms with Gasteiger partial charge in [-0.1, -0.05) is 18.2 Å². The van der Waals surface area contributed by atoms with Crippen LogP contribution < -0.4 is 19.5 Å². The van der Waals surface area contributed by atoms with Crippen LogP contribution in [0, 0.1) is 0 Å². The Bertz CT molecular complexity index is 809. The van der Waals surface area contributed by atoms with Crippen LogP contribution in [0.3, 0.4) is 0 Å². The summed E-state index contributed by atoms with van der Waals surface area (Å²) >= 11 is 0.